The third-order valence-corrected chi connectivity index (χ3v) is 7.22. The summed E-state index contributed by atoms with van der Waals surface area (Å²) in [4.78, 5) is 50.0. The zero-order valence-corrected chi connectivity index (χ0v) is 22.3. The van der Waals surface area contributed by atoms with E-state index >= 15 is 0 Å². The Labute approximate surface area is 228 Å². The molecule has 1 aromatic heterocycles. The maximum atomic E-state index is 14.6. The lowest BCUT2D eigenvalue weighted by molar-refractivity contribution is -0.192. The number of nitrogens with one attached hydrogen (secondary N) is 1. The van der Waals surface area contributed by atoms with Gasteiger partial charge in [-0.05, 0) is 49.4 Å². The van der Waals surface area contributed by atoms with Gasteiger partial charge in [0.25, 0.3) is 11.5 Å². The first-order valence-corrected chi connectivity index (χ1v) is 13.1. The molecule has 1 aromatic carbocycles. The smallest absolute Gasteiger partial charge is 0.475 e. The van der Waals surface area contributed by atoms with Gasteiger partial charge in [0.2, 0.25) is 5.91 Å². The van der Waals surface area contributed by atoms with E-state index in [1.807, 2.05) is 11.8 Å². The van der Waals surface area contributed by atoms with Crippen molar-refractivity contribution < 1.29 is 37.1 Å². The first-order chi connectivity index (χ1) is 18.8. The van der Waals surface area contributed by atoms with Gasteiger partial charge in [0, 0.05) is 31.1 Å². The first kappa shape index (κ1) is 30.8. The van der Waals surface area contributed by atoms with E-state index in [0.717, 1.165) is 36.8 Å². The Morgan fingerprint density at radius 1 is 1.12 bits per heavy atom. The highest BCUT2D eigenvalue weighted by Crippen LogP contribution is 2.25. The maximum Gasteiger partial charge on any atom is 0.490 e. The zero-order valence-electron chi connectivity index (χ0n) is 22.3. The van der Waals surface area contributed by atoms with E-state index in [1.165, 1.54) is 23.5 Å². The van der Waals surface area contributed by atoms with Crippen molar-refractivity contribution in [3.05, 3.63) is 62.3 Å². The number of alkyl halides is 3. The van der Waals surface area contributed by atoms with Gasteiger partial charge in [-0.1, -0.05) is 32.3 Å². The standard InChI is InChI=1S/C25H31FN4O3.C2HF3O2/c1-3-19-16(2)24(32)28-27-22(19)14-17-9-10-21(26)20(13-17)25(33)29-11-12-30(23(31)15-29)18-7-5-4-6-8-18;3-2(4,5)1(6)7/h9-10,13,18H,3-8,11-12,14-15H2,1-2H3,(H,28,32);(H,6,7). The van der Waals surface area contributed by atoms with Gasteiger partial charge >= 0.3 is 12.1 Å². The van der Waals surface area contributed by atoms with Crippen LogP contribution in [0.25, 0.3) is 0 Å². The summed E-state index contributed by atoms with van der Waals surface area (Å²) in [6.07, 6.45) is 1.47. The molecule has 2 amide bonds. The largest absolute Gasteiger partial charge is 0.490 e. The van der Waals surface area contributed by atoms with Crippen LogP contribution in [0, 0.1) is 12.7 Å². The monoisotopic (exact) mass is 568 g/mol. The summed E-state index contributed by atoms with van der Waals surface area (Å²) in [5.74, 6) is -3.88. The minimum absolute atomic E-state index is 0.0142. The van der Waals surface area contributed by atoms with E-state index < -0.39 is 23.9 Å². The highest BCUT2D eigenvalue weighted by atomic mass is 19.4. The second-order valence-corrected chi connectivity index (χ2v) is 9.86. The Kier molecular flexibility index (Phi) is 10.0. The number of halogens is 4. The van der Waals surface area contributed by atoms with Crippen LogP contribution in [0.3, 0.4) is 0 Å². The minimum Gasteiger partial charge on any atom is -0.475 e. The van der Waals surface area contributed by atoms with Crippen molar-refractivity contribution >= 4 is 17.8 Å². The Bertz CT molecular complexity index is 1300. The topological polar surface area (TPSA) is 124 Å². The third kappa shape index (κ3) is 7.45. The van der Waals surface area contributed by atoms with Gasteiger partial charge in [-0.25, -0.2) is 14.3 Å². The number of carbonyl (C=O) groups is 3. The van der Waals surface area contributed by atoms with Crippen LogP contribution >= 0.6 is 0 Å². The van der Waals surface area contributed by atoms with Crippen LogP contribution in [-0.4, -0.2) is 74.7 Å². The van der Waals surface area contributed by atoms with Crippen molar-refractivity contribution in [3.63, 3.8) is 0 Å². The van der Waals surface area contributed by atoms with Crippen LogP contribution in [-0.2, 0) is 22.4 Å². The quantitative estimate of drug-likeness (QED) is 0.531. The number of carboxylic acid groups (broad SMARTS) is 1. The number of benzene rings is 1. The molecule has 0 bridgehead atoms. The molecule has 0 atom stereocenters. The number of hydrogen-bond acceptors (Lipinski definition) is 5. The third-order valence-electron chi connectivity index (χ3n) is 7.22. The molecule has 4 rings (SSSR count). The molecule has 2 fully saturated rings. The number of carbonyl (C=O) groups excluding carboxylic acids is 2. The maximum absolute atomic E-state index is 14.6. The van der Waals surface area contributed by atoms with Gasteiger partial charge in [0.05, 0.1) is 11.3 Å². The van der Waals surface area contributed by atoms with Crippen LogP contribution in [0.2, 0.25) is 0 Å². The fourth-order valence-electron chi connectivity index (χ4n) is 5.09. The van der Waals surface area contributed by atoms with Crippen LogP contribution < -0.4 is 5.56 Å². The second kappa shape index (κ2) is 13.1. The molecule has 0 unspecified atom stereocenters. The SMILES string of the molecule is CCc1c(Cc2ccc(F)c(C(=O)N3CCN(C4CCCCC4)C(=O)C3)c2)n[nH]c(=O)c1C.O=C(O)C(F)(F)F. The summed E-state index contributed by atoms with van der Waals surface area (Å²) >= 11 is 0. The van der Waals surface area contributed by atoms with Crippen LogP contribution in [0.15, 0.2) is 23.0 Å². The van der Waals surface area contributed by atoms with Crippen molar-refractivity contribution in [1.29, 1.82) is 0 Å². The fourth-order valence-corrected chi connectivity index (χ4v) is 5.09. The van der Waals surface area contributed by atoms with Gasteiger partial charge in [0.15, 0.2) is 0 Å². The van der Waals surface area contributed by atoms with Gasteiger partial charge in [0.1, 0.15) is 12.4 Å². The number of nitrogens with zero attached hydrogens (tertiary/aromatic N) is 3. The predicted molar refractivity (Wildman–Crippen MR) is 136 cm³/mol. The molecule has 1 saturated heterocycles. The number of H-pyrrole nitrogens is 1. The molecule has 13 heteroatoms. The van der Waals surface area contributed by atoms with E-state index in [-0.39, 0.29) is 29.6 Å². The molecule has 2 N–H and O–H groups in total. The van der Waals surface area contributed by atoms with Crippen LogP contribution in [0.5, 0.6) is 0 Å². The summed E-state index contributed by atoms with van der Waals surface area (Å²) in [7, 11) is 0. The molecule has 218 valence electrons. The van der Waals surface area contributed by atoms with Crippen LogP contribution in [0.4, 0.5) is 17.6 Å². The number of hydrogen-bond donors (Lipinski definition) is 2. The Hall–Kier alpha value is -3.77. The van der Waals surface area contributed by atoms with Crippen molar-refractivity contribution in [2.75, 3.05) is 19.6 Å². The number of aromatic nitrogens is 2. The molecule has 2 heterocycles. The molecule has 1 saturated carbocycles. The summed E-state index contributed by atoms with van der Waals surface area (Å²) < 4.78 is 46.4. The lowest BCUT2D eigenvalue weighted by atomic mass is 9.93. The van der Waals surface area contributed by atoms with E-state index in [2.05, 4.69) is 10.2 Å². The van der Waals surface area contributed by atoms with Crippen molar-refractivity contribution in [3.8, 4) is 0 Å². The molecular weight excluding hydrogens is 536 g/mol. The van der Waals surface area contributed by atoms with Gasteiger partial charge in [-0.15, -0.1) is 0 Å². The summed E-state index contributed by atoms with van der Waals surface area (Å²) in [5.41, 5.74) is 2.65. The normalized spacial score (nSPS) is 16.4. The van der Waals surface area contributed by atoms with E-state index in [0.29, 0.717) is 37.2 Å². The number of aromatic amines is 1. The summed E-state index contributed by atoms with van der Waals surface area (Å²) in [6.45, 7) is 4.60. The first-order valence-electron chi connectivity index (χ1n) is 13.1. The van der Waals surface area contributed by atoms with E-state index in [9.17, 15) is 31.9 Å². The van der Waals surface area contributed by atoms with Crippen LogP contribution in [0.1, 0.15) is 71.8 Å². The Morgan fingerprint density at radius 2 is 1.77 bits per heavy atom. The van der Waals surface area contributed by atoms with Gasteiger partial charge in [-0.3, -0.25) is 14.4 Å². The summed E-state index contributed by atoms with van der Waals surface area (Å²) in [6, 6.07) is 4.72. The van der Waals surface area contributed by atoms with E-state index in [4.69, 9.17) is 9.90 Å². The van der Waals surface area contributed by atoms with Crippen molar-refractivity contribution in [1.82, 2.24) is 20.0 Å². The van der Waals surface area contributed by atoms with Gasteiger partial charge in [-0.2, -0.15) is 18.3 Å². The highest BCUT2D eigenvalue weighted by Gasteiger charge is 2.38. The number of rotatable bonds is 5. The molecule has 0 spiro atoms. The number of carboxylic acids is 1. The Balaban J connectivity index is 0.000000559. The molecule has 0 radical (unpaired) electrons. The molecule has 40 heavy (non-hydrogen) atoms. The number of piperazine rings is 1. The number of aliphatic carboxylic acids is 1. The molecule has 1 aliphatic carbocycles. The molecule has 2 aliphatic rings. The highest BCUT2D eigenvalue weighted by molar-refractivity contribution is 5.97. The lowest BCUT2D eigenvalue weighted by Gasteiger charge is -2.40. The molecule has 2 aromatic rings. The van der Waals surface area contributed by atoms with Crippen molar-refractivity contribution in [2.24, 2.45) is 0 Å². The Morgan fingerprint density at radius 3 is 2.35 bits per heavy atom. The fraction of sp³-hybridized carbons (Fsp3) is 0.519. The average Bonchev–Trinajstić information content (AvgIpc) is 2.92. The minimum atomic E-state index is -5.08. The molecular formula is C27H32F4N4O5. The van der Waals surface area contributed by atoms with E-state index in [1.54, 1.807) is 13.0 Å². The average molecular weight is 569 g/mol. The van der Waals surface area contributed by atoms with Gasteiger partial charge < -0.3 is 14.9 Å². The second-order valence-electron chi connectivity index (χ2n) is 9.86. The molecule has 9 nitrogen and oxygen atoms in total. The lowest BCUT2D eigenvalue weighted by Crippen LogP contribution is -2.55. The number of amides is 2. The predicted octanol–water partition coefficient (Wildman–Crippen LogP) is 3.62. The molecule has 1 aliphatic heterocycles. The zero-order chi connectivity index (χ0) is 29.6. The van der Waals surface area contributed by atoms with Crippen molar-refractivity contribution in [2.45, 2.75) is 71.0 Å². The summed E-state index contributed by atoms with van der Waals surface area (Å²) in [5, 5.41) is 13.8.